The molecule has 2 atom stereocenters. The van der Waals surface area contributed by atoms with E-state index >= 15 is 0 Å². The molecule has 1 aromatic carbocycles. The third-order valence-electron chi connectivity index (χ3n) is 3.10. The van der Waals surface area contributed by atoms with Crippen molar-refractivity contribution in [3.63, 3.8) is 0 Å². The van der Waals surface area contributed by atoms with Gasteiger partial charge in [0.2, 0.25) is 0 Å². The molecule has 0 fully saturated rings. The van der Waals surface area contributed by atoms with Crippen LogP contribution >= 0.6 is 0 Å². The molecule has 0 bridgehead atoms. The molecule has 102 valence electrons. The van der Waals surface area contributed by atoms with Crippen molar-refractivity contribution < 1.29 is 14.9 Å². The smallest absolute Gasteiger partial charge is 0.124 e. The fraction of sp³-hybridized carbons (Fsp3) is 0.571. The molecule has 0 aromatic heterocycles. The lowest BCUT2D eigenvalue weighted by Gasteiger charge is -2.18. The highest BCUT2D eigenvalue weighted by atomic mass is 16.5. The predicted octanol–water partition coefficient (Wildman–Crippen LogP) is 2.07. The molecule has 1 rings (SSSR count). The minimum Gasteiger partial charge on any atom is -0.507 e. The first-order valence-electron chi connectivity index (χ1n) is 6.29. The number of aliphatic hydroxyl groups excluding tert-OH is 1. The Morgan fingerprint density at radius 1 is 1.33 bits per heavy atom. The molecule has 2 unspecified atom stereocenters. The van der Waals surface area contributed by atoms with Gasteiger partial charge < -0.3 is 20.3 Å². The zero-order valence-corrected chi connectivity index (χ0v) is 11.3. The van der Waals surface area contributed by atoms with E-state index in [1.165, 1.54) is 0 Å². The largest absolute Gasteiger partial charge is 0.507 e. The molecular weight excluding hydrogens is 230 g/mol. The van der Waals surface area contributed by atoms with Crippen molar-refractivity contribution in [2.45, 2.75) is 26.3 Å². The average molecular weight is 253 g/mol. The molecule has 4 nitrogen and oxygen atoms in total. The van der Waals surface area contributed by atoms with E-state index in [1.54, 1.807) is 13.2 Å². The number of aliphatic hydroxyl groups is 1. The molecule has 0 aliphatic carbocycles. The van der Waals surface area contributed by atoms with E-state index in [0.29, 0.717) is 11.7 Å². The van der Waals surface area contributed by atoms with Gasteiger partial charge in [-0.3, -0.25) is 0 Å². The predicted molar refractivity (Wildman–Crippen MR) is 71.9 cm³/mol. The Kier molecular flexibility index (Phi) is 5.95. The van der Waals surface area contributed by atoms with E-state index in [-0.39, 0.29) is 18.4 Å². The van der Waals surface area contributed by atoms with Gasteiger partial charge in [-0.1, -0.05) is 13.0 Å². The molecule has 0 saturated heterocycles. The van der Waals surface area contributed by atoms with Crippen LogP contribution in [-0.2, 0) is 0 Å². The molecule has 0 spiro atoms. The van der Waals surface area contributed by atoms with Crippen LogP contribution in [0.4, 0.5) is 0 Å². The number of ether oxygens (including phenoxy) is 1. The Bertz CT molecular complexity index is 368. The second-order valence-corrected chi connectivity index (χ2v) is 4.67. The maximum atomic E-state index is 9.90. The third-order valence-corrected chi connectivity index (χ3v) is 3.10. The summed E-state index contributed by atoms with van der Waals surface area (Å²) in [7, 11) is 1.58. The van der Waals surface area contributed by atoms with Gasteiger partial charge >= 0.3 is 0 Å². The molecule has 0 heterocycles. The quantitative estimate of drug-likeness (QED) is 0.696. The van der Waals surface area contributed by atoms with Crippen LogP contribution in [-0.4, -0.2) is 30.5 Å². The number of hydrogen-bond acceptors (Lipinski definition) is 4. The number of methoxy groups -OCH3 is 1. The SMILES string of the molecule is COc1ccc(C(C)NCC(C)CCO)c(O)c1. The summed E-state index contributed by atoms with van der Waals surface area (Å²) >= 11 is 0. The fourth-order valence-electron chi connectivity index (χ4n) is 1.83. The van der Waals surface area contributed by atoms with E-state index in [9.17, 15) is 5.11 Å². The van der Waals surface area contributed by atoms with Crippen molar-refractivity contribution in [1.29, 1.82) is 0 Å². The lowest BCUT2D eigenvalue weighted by atomic mass is 10.0. The minimum absolute atomic E-state index is 0.0667. The molecule has 3 N–H and O–H groups in total. The Hall–Kier alpha value is -1.26. The van der Waals surface area contributed by atoms with Crippen molar-refractivity contribution in [1.82, 2.24) is 5.32 Å². The van der Waals surface area contributed by atoms with Gasteiger partial charge in [0.05, 0.1) is 7.11 Å². The normalized spacial score (nSPS) is 14.2. The summed E-state index contributed by atoms with van der Waals surface area (Å²) in [6.45, 7) is 5.12. The Labute approximate surface area is 109 Å². The van der Waals surface area contributed by atoms with Gasteiger partial charge in [-0.15, -0.1) is 0 Å². The number of nitrogens with one attached hydrogen (secondary N) is 1. The van der Waals surface area contributed by atoms with Gasteiger partial charge in [-0.2, -0.15) is 0 Å². The molecular formula is C14H23NO3. The van der Waals surface area contributed by atoms with Gasteiger partial charge in [0.15, 0.2) is 0 Å². The van der Waals surface area contributed by atoms with Crippen molar-refractivity contribution >= 4 is 0 Å². The van der Waals surface area contributed by atoms with E-state index in [4.69, 9.17) is 9.84 Å². The van der Waals surface area contributed by atoms with Crippen LogP contribution < -0.4 is 10.1 Å². The Morgan fingerprint density at radius 2 is 2.06 bits per heavy atom. The maximum absolute atomic E-state index is 9.90. The van der Waals surface area contributed by atoms with Crippen LogP contribution in [0.3, 0.4) is 0 Å². The van der Waals surface area contributed by atoms with Gasteiger partial charge in [-0.05, 0) is 31.9 Å². The molecule has 0 amide bonds. The zero-order valence-electron chi connectivity index (χ0n) is 11.3. The lowest BCUT2D eigenvalue weighted by Crippen LogP contribution is -2.25. The van der Waals surface area contributed by atoms with Gasteiger partial charge in [0.1, 0.15) is 11.5 Å². The Balaban J connectivity index is 2.58. The minimum atomic E-state index is 0.0667. The van der Waals surface area contributed by atoms with Crippen LogP contribution in [0.5, 0.6) is 11.5 Å². The summed E-state index contributed by atoms with van der Waals surface area (Å²) < 4.78 is 5.05. The molecule has 4 heteroatoms. The molecule has 0 aliphatic heterocycles. The second-order valence-electron chi connectivity index (χ2n) is 4.67. The van der Waals surface area contributed by atoms with Crippen LogP contribution in [0.1, 0.15) is 31.9 Å². The molecule has 0 radical (unpaired) electrons. The van der Waals surface area contributed by atoms with Crippen molar-refractivity contribution in [3.8, 4) is 11.5 Å². The third kappa shape index (κ3) is 4.20. The summed E-state index contributed by atoms with van der Waals surface area (Å²) in [5, 5.41) is 22.1. The topological polar surface area (TPSA) is 61.7 Å². The number of benzene rings is 1. The Morgan fingerprint density at radius 3 is 2.61 bits per heavy atom. The van der Waals surface area contributed by atoms with Gasteiger partial charge in [0, 0.05) is 24.3 Å². The first-order valence-corrected chi connectivity index (χ1v) is 6.29. The second kappa shape index (κ2) is 7.24. The first-order chi connectivity index (χ1) is 8.58. The van der Waals surface area contributed by atoms with E-state index in [2.05, 4.69) is 12.2 Å². The van der Waals surface area contributed by atoms with E-state index in [1.807, 2.05) is 19.1 Å². The zero-order chi connectivity index (χ0) is 13.5. The maximum Gasteiger partial charge on any atom is 0.124 e. The number of aromatic hydroxyl groups is 1. The van der Waals surface area contributed by atoms with Crippen molar-refractivity contribution in [2.24, 2.45) is 5.92 Å². The number of phenolic OH excluding ortho intramolecular Hbond substituents is 1. The highest BCUT2D eigenvalue weighted by Crippen LogP contribution is 2.28. The van der Waals surface area contributed by atoms with E-state index in [0.717, 1.165) is 18.5 Å². The molecule has 0 aliphatic rings. The van der Waals surface area contributed by atoms with Crippen LogP contribution in [0.25, 0.3) is 0 Å². The summed E-state index contributed by atoms with van der Waals surface area (Å²) in [4.78, 5) is 0. The summed E-state index contributed by atoms with van der Waals surface area (Å²) in [6, 6.07) is 5.38. The highest BCUT2D eigenvalue weighted by molar-refractivity contribution is 5.41. The monoisotopic (exact) mass is 253 g/mol. The molecule has 0 saturated carbocycles. The summed E-state index contributed by atoms with van der Waals surface area (Å²) in [6.07, 6.45) is 0.786. The lowest BCUT2D eigenvalue weighted by molar-refractivity contribution is 0.258. The van der Waals surface area contributed by atoms with Gasteiger partial charge in [-0.25, -0.2) is 0 Å². The van der Waals surface area contributed by atoms with Crippen LogP contribution in [0, 0.1) is 5.92 Å². The number of rotatable bonds is 7. The highest BCUT2D eigenvalue weighted by Gasteiger charge is 2.12. The summed E-state index contributed by atoms with van der Waals surface area (Å²) in [5.41, 5.74) is 0.854. The van der Waals surface area contributed by atoms with Crippen LogP contribution in [0.2, 0.25) is 0 Å². The fourth-order valence-corrected chi connectivity index (χ4v) is 1.83. The molecule has 18 heavy (non-hydrogen) atoms. The van der Waals surface area contributed by atoms with E-state index < -0.39 is 0 Å². The number of hydrogen-bond donors (Lipinski definition) is 3. The number of phenols is 1. The van der Waals surface area contributed by atoms with Crippen molar-refractivity contribution in [2.75, 3.05) is 20.3 Å². The first kappa shape index (κ1) is 14.8. The average Bonchev–Trinajstić information content (AvgIpc) is 2.36. The summed E-state index contributed by atoms with van der Waals surface area (Å²) in [5.74, 6) is 1.30. The standard InChI is InChI=1S/C14H23NO3/c1-10(6-7-16)9-15-11(2)13-5-4-12(18-3)8-14(13)17/h4-5,8,10-11,15-17H,6-7,9H2,1-3H3. The molecule has 1 aromatic rings. The van der Waals surface area contributed by atoms with Crippen LogP contribution in [0.15, 0.2) is 18.2 Å². The van der Waals surface area contributed by atoms with Crippen molar-refractivity contribution in [3.05, 3.63) is 23.8 Å². The van der Waals surface area contributed by atoms with Gasteiger partial charge in [0.25, 0.3) is 0 Å².